The highest BCUT2D eigenvalue weighted by atomic mass is 19.1. The molecule has 6 nitrogen and oxygen atoms in total. The third kappa shape index (κ3) is 4.76. The second kappa shape index (κ2) is 10.3. The Morgan fingerprint density at radius 3 is 2.62 bits per heavy atom. The maximum absolute atomic E-state index is 13.7. The van der Waals surface area contributed by atoms with Gasteiger partial charge in [-0.25, -0.2) is 4.39 Å². The van der Waals surface area contributed by atoms with E-state index in [1.54, 1.807) is 18.2 Å². The number of nitrogens with zero attached hydrogens (tertiary/aromatic N) is 1. The van der Waals surface area contributed by atoms with Gasteiger partial charge >= 0.3 is 7.12 Å². The molecule has 2 aliphatic heterocycles. The van der Waals surface area contributed by atoms with Crippen LogP contribution in [0.4, 0.5) is 10.1 Å². The van der Waals surface area contributed by atoms with Crippen molar-refractivity contribution in [1.29, 1.82) is 0 Å². The summed E-state index contributed by atoms with van der Waals surface area (Å²) in [6.07, 6.45) is 4.31. The Hall–Kier alpha value is -3.23. The number of benzene rings is 2. The molecule has 2 aromatic rings. The standard InChI is InChI=1S/C29H31BFNO5/c1-3-19-15-21-27(29(35)32(28(21)34)20-7-5-4-6-8-20)22-16-30(36)37-25(26(19)22)12-9-17(2)13-18-10-11-24(33)23(31)14-18/h4-8,10-11,13-14,21-22,25,27,33,36H,3,9,12,15-16H2,1-2H3/b17-13+/t21-,22+,25-,27-/m1/s1. The number of carbonyl (C=O) groups is 2. The van der Waals surface area contributed by atoms with Crippen LogP contribution >= 0.6 is 0 Å². The SMILES string of the molecule is CCC1=C2[C@@H](CC/C(C)=C/c3ccc(O)c(F)c3)OB(O)C[C@@H]2[C@@H]2C(=O)N(c3ccccc3)C(=O)[C@@H]2C1. The lowest BCUT2D eigenvalue weighted by atomic mass is 9.58. The molecule has 2 amide bonds. The first-order valence-electron chi connectivity index (χ1n) is 12.9. The Kier molecular flexibility index (Phi) is 7.05. The quantitative estimate of drug-likeness (QED) is 0.325. The van der Waals surface area contributed by atoms with Gasteiger partial charge in [-0.3, -0.25) is 14.5 Å². The summed E-state index contributed by atoms with van der Waals surface area (Å²) < 4.78 is 19.7. The minimum absolute atomic E-state index is 0.163. The number of anilines is 1. The smallest absolute Gasteiger partial charge is 0.455 e. The van der Waals surface area contributed by atoms with Crippen LogP contribution in [0.2, 0.25) is 6.32 Å². The number of halogens is 1. The number of amides is 2. The zero-order chi connectivity index (χ0) is 26.3. The van der Waals surface area contributed by atoms with Crippen molar-refractivity contribution in [1.82, 2.24) is 0 Å². The zero-order valence-corrected chi connectivity index (χ0v) is 21.1. The molecule has 0 unspecified atom stereocenters. The molecule has 2 heterocycles. The van der Waals surface area contributed by atoms with Crippen molar-refractivity contribution >= 4 is 30.7 Å². The third-order valence-electron chi connectivity index (χ3n) is 7.93. The Labute approximate surface area is 216 Å². The fourth-order valence-corrected chi connectivity index (χ4v) is 6.26. The predicted octanol–water partition coefficient (Wildman–Crippen LogP) is 5.13. The highest BCUT2D eigenvalue weighted by Gasteiger charge is 2.57. The number of aromatic hydroxyl groups is 1. The van der Waals surface area contributed by atoms with Crippen molar-refractivity contribution < 1.29 is 28.8 Å². The first-order valence-corrected chi connectivity index (χ1v) is 12.9. The predicted molar refractivity (Wildman–Crippen MR) is 140 cm³/mol. The molecule has 0 bridgehead atoms. The molecule has 3 aliphatic rings. The van der Waals surface area contributed by atoms with E-state index < -0.39 is 24.8 Å². The minimum atomic E-state index is -1.01. The fourth-order valence-electron chi connectivity index (χ4n) is 6.26. The minimum Gasteiger partial charge on any atom is -0.505 e. The summed E-state index contributed by atoms with van der Waals surface area (Å²) in [5.74, 6) is -2.59. The number of para-hydroxylation sites is 1. The lowest BCUT2D eigenvalue weighted by Gasteiger charge is -2.43. The van der Waals surface area contributed by atoms with Gasteiger partial charge in [-0.1, -0.05) is 48.4 Å². The number of hydrogen-bond donors (Lipinski definition) is 2. The topological polar surface area (TPSA) is 87.1 Å². The van der Waals surface area contributed by atoms with Gasteiger partial charge in [-0.2, -0.15) is 0 Å². The maximum Gasteiger partial charge on any atom is 0.455 e. The van der Waals surface area contributed by atoms with Gasteiger partial charge in [0.25, 0.3) is 0 Å². The summed E-state index contributed by atoms with van der Waals surface area (Å²) in [6, 6.07) is 13.3. The van der Waals surface area contributed by atoms with Crippen molar-refractivity contribution in [2.24, 2.45) is 17.8 Å². The van der Waals surface area contributed by atoms with E-state index in [-0.39, 0.29) is 29.6 Å². The van der Waals surface area contributed by atoms with Crippen molar-refractivity contribution in [2.75, 3.05) is 4.90 Å². The molecule has 0 spiro atoms. The van der Waals surface area contributed by atoms with E-state index in [4.69, 9.17) is 4.65 Å². The summed E-state index contributed by atoms with van der Waals surface area (Å²) in [6.45, 7) is 4.01. The highest BCUT2D eigenvalue weighted by molar-refractivity contribution is 6.43. The molecular formula is C29H31BFNO5. The zero-order valence-electron chi connectivity index (χ0n) is 21.1. The summed E-state index contributed by atoms with van der Waals surface area (Å²) in [7, 11) is -1.01. The number of hydrogen-bond acceptors (Lipinski definition) is 5. The Bertz CT molecular complexity index is 1280. The largest absolute Gasteiger partial charge is 0.505 e. The van der Waals surface area contributed by atoms with Gasteiger partial charge in [0.05, 0.1) is 23.6 Å². The van der Waals surface area contributed by atoms with Crippen LogP contribution in [0.1, 0.15) is 45.1 Å². The number of fused-ring (bicyclic) bond motifs is 3. The molecule has 1 aliphatic carbocycles. The number of allylic oxidation sites excluding steroid dienone is 2. The first-order chi connectivity index (χ1) is 17.8. The molecule has 0 saturated carbocycles. The number of carbonyl (C=O) groups excluding carboxylic acids is 2. The van der Waals surface area contributed by atoms with Crippen molar-refractivity contribution in [3.8, 4) is 5.75 Å². The Morgan fingerprint density at radius 1 is 1.16 bits per heavy atom. The summed E-state index contributed by atoms with van der Waals surface area (Å²) >= 11 is 0. The van der Waals surface area contributed by atoms with Crippen LogP contribution in [0.25, 0.3) is 6.08 Å². The van der Waals surface area contributed by atoms with Crippen LogP contribution in [-0.4, -0.2) is 35.2 Å². The van der Waals surface area contributed by atoms with Gasteiger partial charge < -0.3 is 14.8 Å². The van der Waals surface area contributed by atoms with E-state index >= 15 is 0 Å². The molecule has 2 N–H and O–H groups in total. The normalized spacial score (nSPS) is 26.0. The van der Waals surface area contributed by atoms with Crippen LogP contribution in [0.3, 0.4) is 0 Å². The molecule has 2 aromatic carbocycles. The van der Waals surface area contributed by atoms with Crippen LogP contribution < -0.4 is 4.90 Å². The molecule has 4 atom stereocenters. The van der Waals surface area contributed by atoms with E-state index in [9.17, 15) is 24.1 Å². The molecule has 5 rings (SSSR count). The number of rotatable bonds is 6. The van der Waals surface area contributed by atoms with Gasteiger partial charge in [0, 0.05) is 0 Å². The molecule has 2 saturated heterocycles. The molecule has 8 heteroatoms. The first kappa shape index (κ1) is 25.4. The van der Waals surface area contributed by atoms with Gasteiger partial charge in [0.15, 0.2) is 11.6 Å². The highest BCUT2D eigenvalue weighted by Crippen LogP contribution is 2.51. The van der Waals surface area contributed by atoms with E-state index in [1.807, 2.05) is 31.2 Å². The van der Waals surface area contributed by atoms with Gasteiger partial charge in [-0.15, -0.1) is 0 Å². The molecule has 0 radical (unpaired) electrons. The van der Waals surface area contributed by atoms with Gasteiger partial charge in [0.2, 0.25) is 11.8 Å². The summed E-state index contributed by atoms with van der Waals surface area (Å²) in [5.41, 5.74) is 4.44. The third-order valence-corrected chi connectivity index (χ3v) is 7.93. The lowest BCUT2D eigenvalue weighted by molar-refractivity contribution is -0.122. The Balaban J connectivity index is 1.40. The second-order valence-electron chi connectivity index (χ2n) is 10.3. The average molecular weight is 503 g/mol. The second-order valence-corrected chi connectivity index (χ2v) is 10.3. The molecule has 2 fully saturated rings. The maximum atomic E-state index is 13.7. The van der Waals surface area contributed by atoms with Crippen LogP contribution in [0, 0.1) is 23.6 Å². The summed E-state index contributed by atoms with van der Waals surface area (Å²) in [5, 5.41) is 20.1. The van der Waals surface area contributed by atoms with Crippen LogP contribution in [-0.2, 0) is 14.2 Å². The lowest BCUT2D eigenvalue weighted by Crippen LogP contribution is -2.46. The van der Waals surface area contributed by atoms with Gasteiger partial charge in [0.1, 0.15) is 0 Å². The van der Waals surface area contributed by atoms with Gasteiger partial charge in [-0.05, 0) is 80.2 Å². The molecule has 37 heavy (non-hydrogen) atoms. The Morgan fingerprint density at radius 2 is 1.92 bits per heavy atom. The number of phenols is 1. The average Bonchev–Trinajstić information content (AvgIpc) is 3.14. The van der Waals surface area contributed by atoms with Crippen molar-refractivity contribution in [2.45, 2.75) is 52.0 Å². The molecular weight excluding hydrogens is 472 g/mol. The van der Waals surface area contributed by atoms with E-state index in [2.05, 4.69) is 6.92 Å². The fraction of sp³-hybridized carbons (Fsp3) is 0.379. The number of phenolic OH excluding ortho intramolecular Hbond substituents is 1. The van der Waals surface area contributed by atoms with Crippen molar-refractivity contribution in [3.05, 3.63) is 76.6 Å². The molecule has 0 aromatic heterocycles. The van der Waals surface area contributed by atoms with Crippen LogP contribution in [0.15, 0.2) is 65.3 Å². The van der Waals surface area contributed by atoms with Crippen LogP contribution in [0.5, 0.6) is 5.75 Å². The monoisotopic (exact) mass is 503 g/mol. The van der Waals surface area contributed by atoms with E-state index in [0.29, 0.717) is 36.8 Å². The number of imide groups is 1. The van der Waals surface area contributed by atoms with E-state index in [1.165, 1.54) is 17.0 Å². The van der Waals surface area contributed by atoms with E-state index in [0.717, 1.165) is 23.1 Å². The van der Waals surface area contributed by atoms with Crippen molar-refractivity contribution in [3.63, 3.8) is 0 Å². The summed E-state index contributed by atoms with van der Waals surface area (Å²) in [4.78, 5) is 28.4. The molecule has 192 valence electrons.